The number of carbonyl (C=O) groups excluding carboxylic acids is 1. The third-order valence-electron chi connectivity index (χ3n) is 9.46. The van der Waals surface area contributed by atoms with Gasteiger partial charge in [0.15, 0.2) is 5.13 Å². The van der Waals surface area contributed by atoms with E-state index in [4.69, 9.17) is 15.0 Å². The predicted molar refractivity (Wildman–Crippen MR) is 185 cm³/mol. The van der Waals surface area contributed by atoms with E-state index in [1.807, 2.05) is 41.2 Å². The van der Waals surface area contributed by atoms with E-state index >= 15 is 0 Å². The zero-order chi connectivity index (χ0) is 33.4. The number of anilines is 3. The standard InChI is InChI=1S/C36H37FN8O2S/c1-3-29-34(42(2)36-41-33(30(20-38)48-36)23-4-8-27(37)9-5-23)45-22-26(7-11-32(45)40-29)25-6-10-31(39-21-25)43-16-12-24(13-17-43)35(47)44-18-14-28(46)15-19-44/h4-11,21-22,24,28,46H,3,12-19H2,1-2H3. The highest BCUT2D eigenvalue weighted by atomic mass is 32.1. The number of rotatable bonds is 7. The summed E-state index contributed by atoms with van der Waals surface area (Å²) >= 11 is 1.29. The first-order valence-corrected chi connectivity index (χ1v) is 17.2. The normalized spacial score (nSPS) is 16.0. The minimum absolute atomic E-state index is 0.0309. The molecule has 246 valence electrons. The van der Waals surface area contributed by atoms with Crippen LogP contribution in [-0.2, 0) is 11.2 Å². The van der Waals surface area contributed by atoms with Crippen molar-refractivity contribution in [3.05, 3.63) is 77.3 Å². The fourth-order valence-electron chi connectivity index (χ4n) is 6.71. The van der Waals surface area contributed by atoms with Crippen LogP contribution in [0.1, 0.15) is 43.2 Å². The van der Waals surface area contributed by atoms with Gasteiger partial charge < -0.3 is 19.8 Å². The van der Waals surface area contributed by atoms with E-state index in [0.29, 0.717) is 53.6 Å². The number of amides is 1. The summed E-state index contributed by atoms with van der Waals surface area (Å²) < 4.78 is 15.6. The van der Waals surface area contributed by atoms with Crippen molar-refractivity contribution in [1.82, 2.24) is 24.3 Å². The molecule has 1 aromatic carbocycles. The van der Waals surface area contributed by atoms with Gasteiger partial charge >= 0.3 is 0 Å². The Kier molecular flexibility index (Phi) is 8.81. The van der Waals surface area contributed by atoms with Crippen LogP contribution in [-0.4, -0.2) is 74.6 Å². The van der Waals surface area contributed by atoms with Crippen LogP contribution in [0.25, 0.3) is 28.0 Å². The van der Waals surface area contributed by atoms with E-state index in [2.05, 4.69) is 34.6 Å². The van der Waals surface area contributed by atoms with Gasteiger partial charge in [0.05, 0.1) is 11.8 Å². The molecule has 0 atom stereocenters. The highest BCUT2D eigenvalue weighted by Crippen LogP contribution is 2.37. The summed E-state index contributed by atoms with van der Waals surface area (Å²) in [4.78, 5) is 34.1. The molecule has 0 saturated carbocycles. The molecule has 0 bridgehead atoms. The average molecular weight is 665 g/mol. The van der Waals surface area contributed by atoms with Gasteiger partial charge in [-0.3, -0.25) is 9.20 Å². The topological polar surface area (TPSA) is 114 Å². The number of likely N-dealkylation sites (tertiary alicyclic amines) is 1. The molecule has 6 heterocycles. The van der Waals surface area contributed by atoms with Gasteiger partial charge in [-0.25, -0.2) is 19.3 Å². The summed E-state index contributed by atoms with van der Waals surface area (Å²) in [5.41, 5.74) is 4.87. The van der Waals surface area contributed by atoms with Gasteiger partial charge in [-0.2, -0.15) is 5.26 Å². The Morgan fingerprint density at radius 3 is 2.38 bits per heavy atom. The summed E-state index contributed by atoms with van der Waals surface area (Å²) in [5.74, 6) is 1.68. The molecule has 2 saturated heterocycles. The molecule has 48 heavy (non-hydrogen) atoms. The molecule has 7 rings (SSSR count). The first-order chi connectivity index (χ1) is 23.3. The average Bonchev–Trinajstić information content (AvgIpc) is 3.73. The SMILES string of the molecule is CCc1nc2ccc(-c3ccc(N4CCC(C(=O)N5CCC(O)CC5)CC4)nc3)cn2c1N(C)c1nc(-c2ccc(F)cc2)c(C#N)s1. The lowest BCUT2D eigenvalue weighted by atomic mass is 9.94. The minimum Gasteiger partial charge on any atom is -0.393 e. The lowest BCUT2D eigenvalue weighted by Gasteiger charge is -2.36. The first kappa shape index (κ1) is 31.7. The molecular formula is C36H37FN8O2S. The number of benzene rings is 1. The predicted octanol–water partition coefficient (Wildman–Crippen LogP) is 6.06. The van der Waals surface area contributed by atoms with Gasteiger partial charge in [0.2, 0.25) is 5.91 Å². The maximum atomic E-state index is 13.6. The van der Waals surface area contributed by atoms with E-state index in [-0.39, 0.29) is 23.7 Å². The van der Waals surface area contributed by atoms with Crippen LogP contribution < -0.4 is 9.80 Å². The maximum absolute atomic E-state index is 13.6. The number of halogens is 1. The van der Waals surface area contributed by atoms with Gasteiger partial charge in [0.25, 0.3) is 0 Å². The number of nitrogens with zero attached hydrogens (tertiary/aromatic N) is 8. The largest absolute Gasteiger partial charge is 0.393 e. The van der Waals surface area contributed by atoms with Crippen molar-refractivity contribution in [3.8, 4) is 28.5 Å². The number of hydrogen-bond donors (Lipinski definition) is 1. The molecule has 0 spiro atoms. The molecule has 2 aliphatic rings. The van der Waals surface area contributed by atoms with Crippen LogP contribution in [0.4, 0.5) is 21.2 Å². The smallest absolute Gasteiger partial charge is 0.225 e. The number of piperidine rings is 2. The fraction of sp³-hybridized carbons (Fsp3) is 0.361. The number of thiazole rings is 1. The molecule has 12 heteroatoms. The Morgan fingerprint density at radius 1 is 1.00 bits per heavy atom. The number of pyridine rings is 2. The Morgan fingerprint density at radius 2 is 1.71 bits per heavy atom. The molecule has 1 N–H and O–H groups in total. The molecule has 1 amide bonds. The molecule has 0 unspecified atom stereocenters. The zero-order valence-corrected chi connectivity index (χ0v) is 27.8. The van der Waals surface area contributed by atoms with Crippen molar-refractivity contribution in [2.75, 3.05) is 43.0 Å². The molecule has 0 aliphatic carbocycles. The molecule has 2 fully saturated rings. The van der Waals surface area contributed by atoms with Crippen molar-refractivity contribution >= 4 is 39.7 Å². The van der Waals surface area contributed by atoms with Crippen LogP contribution in [0.5, 0.6) is 0 Å². The summed E-state index contributed by atoms with van der Waals surface area (Å²) in [5, 5.41) is 20.3. The van der Waals surface area contributed by atoms with E-state index in [9.17, 15) is 19.6 Å². The molecule has 10 nitrogen and oxygen atoms in total. The van der Waals surface area contributed by atoms with E-state index in [0.717, 1.165) is 60.0 Å². The fourth-order valence-corrected chi connectivity index (χ4v) is 7.56. The molecule has 0 radical (unpaired) electrons. The van der Waals surface area contributed by atoms with Crippen molar-refractivity contribution in [2.24, 2.45) is 5.92 Å². The van der Waals surface area contributed by atoms with E-state index < -0.39 is 0 Å². The van der Waals surface area contributed by atoms with Gasteiger partial charge in [0, 0.05) is 68.2 Å². The van der Waals surface area contributed by atoms with Gasteiger partial charge in [-0.1, -0.05) is 18.3 Å². The van der Waals surface area contributed by atoms with Gasteiger partial charge in [0.1, 0.15) is 39.7 Å². The Balaban J connectivity index is 1.09. The summed E-state index contributed by atoms with van der Waals surface area (Å²) in [6.07, 6.45) is 7.31. The number of aliphatic hydroxyl groups excluding tert-OH is 1. The second kappa shape index (κ2) is 13.3. The third-order valence-corrected chi connectivity index (χ3v) is 10.5. The van der Waals surface area contributed by atoms with E-state index in [1.165, 1.54) is 23.5 Å². The summed E-state index contributed by atoms with van der Waals surface area (Å²) in [7, 11) is 1.92. The Hall–Kier alpha value is -4.86. The zero-order valence-electron chi connectivity index (χ0n) is 27.0. The van der Waals surface area contributed by atoms with E-state index in [1.54, 1.807) is 12.1 Å². The van der Waals surface area contributed by atoms with Crippen molar-refractivity contribution < 1.29 is 14.3 Å². The number of imidazole rings is 1. The Labute approximate surface area is 282 Å². The first-order valence-electron chi connectivity index (χ1n) is 16.4. The molecule has 2 aliphatic heterocycles. The number of aromatic nitrogens is 4. The number of carbonyl (C=O) groups is 1. The van der Waals surface area contributed by atoms with Gasteiger partial charge in [-0.05, 0) is 80.6 Å². The third kappa shape index (κ3) is 6.11. The maximum Gasteiger partial charge on any atom is 0.225 e. The highest BCUT2D eigenvalue weighted by Gasteiger charge is 2.31. The van der Waals surface area contributed by atoms with Crippen molar-refractivity contribution in [3.63, 3.8) is 0 Å². The quantitative estimate of drug-likeness (QED) is 0.223. The number of nitriles is 1. The van der Waals surface area contributed by atoms with Gasteiger partial charge in [-0.15, -0.1) is 0 Å². The highest BCUT2D eigenvalue weighted by molar-refractivity contribution is 7.16. The molecule has 5 aromatic rings. The minimum atomic E-state index is -0.340. The lowest BCUT2D eigenvalue weighted by Crippen LogP contribution is -2.46. The van der Waals surface area contributed by atoms with Crippen molar-refractivity contribution in [1.29, 1.82) is 5.26 Å². The Bertz CT molecular complexity index is 1970. The number of fused-ring (bicyclic) bond motifs is 1. The monoisotopic (exact) mass is 664 g/mol. The van der Waals surface area contributed by atoms with Crippen LogP contribution in [0.3, 0.4) is 0 Å². The summed E-state index contributed by atoms with van der Waals surface area (Å²) in [6, 6.07) is 16.4. The lowest BCUT2D eigenvalue weighted by molar-refractivity contribution is -0.138. The number of aliphatic hydroxyl groups is 1. The van der Waals surface area contributed by atoms with Crippen LogP contribution >= 0.6 is 11.3 Å². The molecular weight excluding hydrogens is 628 g/mol. The second-order valence-electron chi connectivity index (χ2n) is 12.5. The van der Waals surface area contributed by atoms with Crippen LogP contribution in [0.15, 0.2) is 60.9 Å². The molecule has 4 aromatic heterocycles. The number of aryl methyl sites for hydroxylation is 1. The summed E-state index contributed by atoms with van der Waals surface area (Å²) in [6.45, 7) is 4.92. The van der Waals surface area contributed by atoms with Crippen LogP contribution in [0.2, 0.25) is 0 Å². The number of hydrogen-bond acceptors (Lipinski definition) is 9. The van der Waals surface area contributed by atoms with Crippen molar-refractivity contribution in [2.45, 2.75) is 45.1 Å². The second-order valence-corrected chi connectivity index (χ2v) is 13.4. The van der Waals surface area contributed by atoms with Crippen LogP contribution in [0, 0.1) is 23.1 Å².